The highest BCUT2D eigenvalue weighted by Crippen LogP contribution is 2.12. The summed E-state index contributed by atoms with van der Waals surface area (Å²) in [5.41, 5.74) is 0. The number of carbonyl (C=O) groups is 1. The zero-order chi connectivity index (χ0) is 8.43. The van der Waals surface area contributed by atoms with Crippen LogP contribution >= 0.6 is 0 Å². The quantitative estimate of drug-likeness (QED) is 0.677. The van der Waals surface area contributed by atoms with E-state index in [0.717, 1.165) is 0 Å². The van der Waals surface area contributed by atoms with E-state index in [0.29, 0.717) is 5.89 Å². The predicted molar refractivity (Wildman–Crippen MR) is 35.1 cm³/mol. The Kier molecular flexibility index (Phi) is 1.89. The van der Waals surface area contributed by atoms with Crippen LogP contribution in [0, 0.1) is 6.92 Å². The molecule has 5 nitrogen and oxygen atoms in total. The average Bonchev–Trinajstić information content (AvgIpc) is 2.34. The molecule has 0 amide bonds. The number of hydrogen-bond acceptors (Lipinski definition) is 4. The van der Waals surface area contributed by atoms with Crippen molar-refractivity contribution in [3.63, 3.8) is 0 Å². The number of nitrogens with zero attached hydrogens (tertiary/aromatic N) is 2. The number of aromatic nitrogens is 2. The second kappa shape index (κ2) is 2.69. The van der Waals surface area contributed by atoms with Gasteiger partial charge >= 0.3 is 5.97 Å². The van der Waals surface area contributed by atoms with Gasteiger partial charge in [0.2, 0.25) is 11.8 Å². The minimum atomic E-state index is -0.964. The number of rotatable bonds is 2. The van der Waals surface area contributed by atoms with Crippen LogP contribution in [0.1, 0.15) is 24.6 Å². The van der Waals surface area contributed by atoms with E-state index in [4.69, 9.17) is 9.52 Å². The van der Waals surface area contributed by atoms with Crippen molar-refractivity contribution in [2.75, 3.05) is 0 Å². The lowest BCUT2D eigenvalue weighted by atomic mass is 10.2. The van der Waals surface area contributed by atoms with Crippen LogP contribution in [-0.4, -0.2) is 21.3 Å². The fourth-order valence-electron chi connectivity index (χ4n) is 0.592. The van der Waals surface area contributed by atoms with Crippen LogP contribution in [0.2, 0.25) is 0 Å². The summed E-state index contributed by atoms with van der Waals surface area (Å²) in [6.45, 7) is 3.11. The Balaban J connectivity index is 2.84. The van der Waals surface area contributed by atoms with Crippen molar-refractivity contribution in [2.24, 2.45) is 0 Å². The Morgan fingerprint density at radius 1 is 1.64 bits per heavy atom. The Labute approximate surface area is 63.0 Å². The first-order valence-corrected chi connectivity index (χ1v) is 3.14. The summed E-state index contributed by atoms with van der Waals surface area (Å²) < 4.78 is 4.90. The molecule has 1 heterocycles. The number of carboxylic acids is 1. The van der Waals surface area contributed by atoms with Gasteiger partial charge in [0.05, 0.1) is 0 Å². The van der Waals surface area contributed by atoms with Gasteiger partial charge in [-0.3, -0.25) is 4.79 Å². The maximum absolute atomic E-state index is 10.4. The van der Waals surface area contributed by atoms with Crippen LogP contribution in [0.25, 0.3) is 0 Å². The van der Waals surface area contributed by atoms with E-state index < -0.39 is 11.9 Å². The van der Waals surface area contributed by atoms with Crippen LogP contribution in [0.15, 0.2) is 4.42 Å². The normalized spacial score (nSPS) is 12.9. The van der Waals surface area contributed by atoms with E-state index in [9.17, 15) is 4.79 Å². The van der Waals surface area contributed by atoms with Crippen molar-refractivity contribution < 1.29 is 14.3 Å². The van der Waals surface area contributed by atoms with Crippen LogP contribution in [0.4, 0.5) is 0 Å². The van der Waals surface area contributed by atoms with Gasteiger partial charge in [0, 0.05) is 6.92 Å². The van der Waals surface area contributed by atoms with Gasteiger partial charge in [-0.05, 0) is 6.92 Å². The molecular formula is C6H8N2O3. The zero-order valence-corrected chi connectivity index (χ0v) is 6.24. The zero-order valence-electron chi connectivity index (χ0n) is 6.24. The van der Waals surface area contributed by atoms with Crippen LogP contribution in [0.5, 0.6) is 0 Å². The molecule has 1 aromatic heterocycles. The fraction of sp³-hybridized carbons (Fsp3) is 0.500. The topological polar surface area (TPSA) is 76.2 Å². The maximum Gasteiger partial charge on any atom is 0.315 e. The minimum absolute atomic E-state index is 0.148. The monoisotopic (exact) mass is 156 g/mol. The average molecular weight is 156 g/mol. The van der Waals surface area contributed by atoms with Crippen molar-refractivity contribution in [3.05, 3.63) is 11.8 Å². The molecule has 0 bridgehead atoms. The fourth-order valence-corrected chi connectivity index (χ4v) is 0.592. The molecule has 1 unspecified atom stereocenters. The van der Waals surface area contributed by atoms with Gasteiger partial charge in [-0.25, -0.2) is 0 Å². The standard InChI is InChI=1S/C6H8N2O3/c1-3(6(9)10)5-8-7-4(2)11-5/h3H,1-2H3,(H,9,10). The molecule has 1 rings (SSSR count). The molecule has 0 aliphatic carbocycles. The summed E-state index contributed by atoms with van der Waals surface area (Å²) in [5, 5.41) is 15.6. The molecule has 0 spiro atoms. The molecule has 0 fully saturated rings. The first-order chi connectivity index (χ1) is 5.11. The molecule has 0 saturated heterocycles. The Hall–Kier alpha value is -1.39. The van der Waals surface area contributed by atoms with E-state index in [1.807, 2.05) is 0 Å². The maximum atomic E-state index is 10.4. The summed E-state index contributed by atoms with van der Waals surface area (Å²) >= 11 is 0. The summed E-state index contributed by atoms with van der Waals surface area (Å²) in [7, 11) is 0. The first kappa shape index (κ1) is 7.71. The van der Waals surface area contributed by atoms with E-state index in [1.165, 1.54) is 6.92 Å². The second-order valence-electron chi connectivity index (χ2n) is 2.22. The SMILES string of the molecule is Cc1nnc(C(C)C(=O)O)o1. The van der Waals surface area contributed by atoms with Crippen molar-refractivity contribution in [1.82, 2.24) is 10.2 Å². The van der Waals surface area contributed by atoms with E-state index >= 15 is 0 Å². The largest absolute Gasteiger partial charge is 0.481 e. The molecule has 11 heavy (non-hydrogen) atoms. The number of carboxylic acid groups (broad SMARTS) is 1. The van der Waals surface area contributed by atoms with Gasteiger partial charge in [0.15, 0.2) is 0 Å². The Morgan fingerprint density at radius 2 is 2.27 bits per heavy atom. The highest BCUT2D eigenvalue weighted by atomic mass is 16.4. The van der Waals surface area contributed by atoms with Gasteiger partial charge in [0.25, 0.3) is 0 Å². The molecule has 0 aromatic carbocycles. The third-order valence-corrected chi connectivity index (χ3v) is 1.28. The lowest BCUT2D eigenvalue weighted by Crippen LogP contribution is -2.07. The first-order valence-electron chi connectivity index (χ1n) is 3.14. The van der Waals surface area contributed by atoms with Gasteiger partial charge < -0.3 is 9.52 Å². The van der Waals surface area contributed by atoms with Crippen LogP contribution < -0.4 is 0 Å². The molecular weight excluding hydrogens is 148 g/mol. The van der Waals surface area contributed by atoms with Crippen molar-refractivity contribution in [3.8, 4) is 0 Å². The molecule has 0 aliphatic heterocycles. The van der Waals surface area contributed by atoms with Gasteiger partial charge in [-0.15, -0.1) is 10.2 Å². The predicted octanol–water partition coefficient (Wildman–Crippen LogP) is 0.566. The molecule has 0 saturated carbocycles. The van der Waals surface area contributed by atoms with Crippen LogP contribution in [0.3, 0.4) is 0 Å². The highest BCUT2D eigenvalue weighted by Gasteiger charge is 2.19. The molecule has 1 N–H and O–H groups in total. The third-order valence-electron chi connectivity index (χ3n) is 1.28. The van der Waals surface area contributed by atoms with Crippen molar-refractivity contribution in [2.45, 2.75) is 19.8 Å². The van der Waals surface area contributed by atoms with Gasteiger partial charge in [-0.1, -0.05) is 0 Å². The smallest absolute Gasteiger partial charge is 0.315 e. The molecule has 1 aromatic rings. The Morgan fingerprint density at radius 3 is 2.64 bits per heavy atom. The van der Waals surface area contributed by atoms with Crippen molar-refractivity contribution in [1.29, 1.82) is 0 Å². The van der Waals surface area contributed by atoms with E-state index in [2.05, 4.69) is 10.2 Å². The molecule has 5 heteroatoms. The van der Waals surface area contributed by atoms with Crippen molar-refractivity contribution >= 4 is 5.97 Å². The van der Waals surface area contributed by atoms with Gasteiger partial charge in [-0.2, -0.15) is 0 Å². The summed E-state index contributed by atoms with van der Waals surface area (Å²) in [4.78, 5) is 10.4. The second-order valence-corrected chi connectivity index (χ2v) is 2.22. The molecule has 1 atom stereocenters. The summed E-state index contributed by atoms with van der Waals surface area (Å²) in [6, 6.07) is 0. The molecule has 0 radical (unpaired) electrons. The van der Waals surface area contributed by atoms with E-state index in [-0.39, 0.29) is 5.89 Å². The number of aliphatic carboxylic acids is 1. The molecule has 0 aliphatic rings. The number of hydrogen-bond donors (Lipinski definition) is 1. The van der Waals surface area contributed by atoms with E-state index in [1.54, 1.807) is 6.92 Å². The number of aryl methyl sites for hydroxylation is 1. The highest BCUT2D eigenvalue weighted by molar-refractivity contribution is 5.73. The van der Waals surface area contributed by atoms with Crippen LogP contribution in [-0.2, 0) is 4.79 Å². The molecule has 60 valence electrons. The third kappa shape index (κ3) is 1.54. The lowest BCUT2D eigenvalue weighted by Gasteiger charge is -1.96. The summed E-state index contributed by atoms with van der Waals surface area (Å²) in [6.07, 6.45) is 0. The minimum Gasteiger partial charge on any atom is -0.481 e. The summed E-state index contributed by atoms with van der Waals surface area (Å²) in [5.74, 6) is -1.16. The Bertz CT molecular complexity index is 269. The van der Waals surface area contributed by atoms with Gasteiger partial charge in [0.1, 0.15) is 5.92 Å². The lowest BCUT2D eigenvalue weighted by molar-refractivity contribution is -0.138.